The van der Waals surface area contributed by atoms with E-state index in [4.69, 9.17) is 9.26 Å². The fourth-order valence-corrected chi connectivity index (χ4v) is 3.15. The molecular weight excluding hydrogens is 305 g/mol. The predicted molar refractivity (Wildman–Crippen MR) is 77.2 cm³/mol. The Hall–Kier alpha value is -1.10. The third-order valence-corrected chi connectivity index (χ3v) is 4.41. The Morgan fingerprint density at radius 2 is 2.05 bits per heavy atom. The van der Waals surface area contributed by atoms with Crippen molar-refractivity contribution in [1.82, 2.24) is 0 Å². The van der Waals surface area contributed by atoms with Gasteiger partial charge in [0.15, 0.2) is 11.6 Å². The third kappa shape index (κ3) is 3.14. The summed E-state index contributed by atoms with van der Waals surface area (Å²) in [5.41, 5.74) is 0. The summed E-state index contributed by atoms with van der Waals surface area (Å²) in [6, 6.07) is 5.61. The van der Waals surface area contributed by atoms with Gasteiger partial charge in [-0.2, -0.15) is 0 Å². The van der Waals surface area contributed by atoms with E-state index in [9.17, 15) is 13.3 Å². The maximum atomic E-state index is 13.9. The molecule has 0 amide bonds. The molecule has 7 heteroatoms. The highest BCUT2D eigenvalue weighted by Crippen LogP contribution is 2.36. The molecule has 0 radical (unpaired) electrons. The zero-order valence-corrected chi connectivity index (χ0v) is 12.7. The van der Waals surface area contributed by atoms with E-state index < -0.39 is 19.7 Å². The lowest BCUT2D eigenvalue weighted by atomic mass is 10.1. The van der Waals surface area contributed by atoms with E-state index in [-0.39, 0.29) is 11.7 Å². The van der Waals surface area contributed by atoms with Gasteiger partial charge < -0.3 is 9.26 Å². The van der Waals surface area contributed by atoms with E-state index in [1.54, 1.807) is 12.3 Å². The molecule has 0 N–H and O–H groups in total. The smallest absolute Gasteiger partial charge is 0.261 e. The van der Waals surface area contributed by atoms with E-state index in [1.165, 1.54) is 31.0 Å². The number of ether oxygens (including phenoxy) is 1. The Balaban J connectivity index is 2.51. The molecule has 0 saturated carbocycles. The Bertz CT molecular complexity index is 664. The zero-order valence-electron chi connectivity index (χ0n) is 10.9. The topological polar surface area (TPSA) is 35.5 Å². The van der Waals surface area contributed by atoms with Crippen LogP contribution < -0.4 is 4.52 Å². The molecule has 0 aliphatic carbocycles. The highest BCUT2D eigenvalue weighted by atomic mass is 32.2. The van der Waals surface area contributed by atoms with Crippen LogP contribution in [0.4, 0.5) is 8.78 Å². The third-order valence-electron chi connectivity index (χ3n) is 2.66. The molecule has 108 valence electrons. The molecule has 1 atom stereocenters. The van der Waals surface area contributed by atoms with E-state index >= 15 is 0 Å². The van der Waals surface area contributed by atoms with Crippen molar-refractivity contribution >= 4 is 30.6 Å². The minimum Gasteiger partial charge on any atom is -0.443 e. The normalized spacial score (nSPS) is 12.6. The van der Waals surface area contributed by atoms with E-state index in [1.807, 2.05) is 0 Å². The molecular formula is C13H13F2O3PS. The Kier molecular flexibility index (Phi) is 5.02. The molecule has 0 fully saturated rings. The van der Waals surface area contributed by atoms with Crippen LogP contribution in [0.25, 0.3) is 10.8 Å². The summed E-state index contributed by atoms with van der Waals surface area (Å²) in [5, 5.41) is 0.703. The van der Waals surface area contributed by atoms with Gasteiger partial charge in [-0.15, -0.1) is 11.8 Å². The monoisotopic (exact) mass is 318 g/mol. The summed E-state index contributed by atoms with van der Waals surface area (Å²) in [4.78, 5) is 0.529. The van der Waals surface area contributed by atoms with Crippen LogP contribution in [0.15, 0.2) is 29.2 Å². The Morgan fingerprint density at radius 1 is 1.30 bits per heavy atom. The zero-order chi connectivity index (χ0) is 14.7. The van der Waals surface area contributed by atoms with Crippen LogP contribution in [0.1, 0.15) is 0 Å². The van der Waals surface area contributed by atoms with Crippen molar-refractivity contribution in [3.63, 3.8) is 0 Å². The maximum absolute atomic E-state index is 13.9. The SMILES string of the molecule is COC[PH](=O)Oc1cc(SC)c2c(F)c(F)ccc2c1. The molecule has 2 aromatic carbocycles. The molecule has 0 aromatic heterocycles. The fourth-order valence-electron chi connectivity index (χ4n) is 1.83. The molecule has 3 nitrogen and oxygen atoms in total. The number of fused-ring (bicyclic) bond motifs is 1. The summed E-state index contributed by atoms with van der Waals surface area (Å²) < 4.78 is 48.7. The Labute approximate surface area is 120 Å². The second kappa shape index (κ2) is 6.57. The van der Waals surface area contributed by atoms with Crippen molar-refractivity contribution < 1.29 is 22.6 Å². The predicted octanol–water partition coefficient (Wildman–Crippen LogP) is 4.30. The van der Waals surface area contributed by atoms with E-state index in [2.05, 4.69) is 0 Å². The van der Waals surface area contributed by atoms with Gasteiger partial charge in [-0.1, -0.05) is 6.07 Å². The molecule has 2 rings (SSSR count). The van der Waals surface area contributed by atoms with E-state index in [0.29, 0.717) is 16.0 Å². The van der Waals surface area contributed by atoms with Crippen molar-refractivity contribution in [1.29, 1.82) is 0 Å². The lowest BCUT2D eigenvalue weighted by molar-refractivity contribution is 0.244. The van der Waals surface area contributed by atoms with E-state index in [0.717, 1.165) is 6.07 Å². The van der Waals surface area contributed by atoms with Gasteiger partial charge in [0.2, 0.25) is 0 Å². The van der Waals surface area contributed by atoms with Crippen LogP contribution >= 0.6 is 19.8 Å². The minimum absolute atomic E-state index is 0.00901. The quantitative estimate of drug-likeness (QED) is 0.608. The van der Waals surface area contributed by atoms with Crippen molar-refractivity contribution in [2.24, 2.45) is 0 Å². The standard InChI is InChI=1S/C13H13F2O3PS/c1-17-7-19(16)18-9-5-8-3-4-10(14)13(15)12(8)11(6-9)20-2/h3-6,19H,7H2,1-2H3. The number of halogens is 2. The van der Waals surface area contributed by atoms with Gasteiger partial charge in [-0.3, -0.25) is 4.57 Å². The molecule has 1 unspecified atom stereocenters. The molecule has 0 bridgehead atoms. The van der Waals surface area contributed by atoms with Crippen LogP contribution in [0, 0.1) is 11.6 Å². The second-order valence-corrected chi connectivity index (χ2v) is 6.08. The fraction of sp³-hybridized carbons (Fsp3) is 0.231. The molecule has 0 heterocycles. The summed E-state index contributed by atoms with van der Waals surface area (Å²) in [6.45, 7) is 0. The molecule has 0 saturated heterocycles. The highest BCUT2D eigenvalue weighted by molar-refractivity contribution is 7.98. The lowest BCUT2D eigenvalue weighted by Crippen LogP contribution is -1.92. The average molecular weight is 318 g/mol. The molecule has 0 spiro atoms. The minimum atomic E-state index is -2.35. The molecule has 0 aliphatic rings. The van der Waals surface area contributed by atoms with Crippen LogP contribution in [0.3, 0.4) is 0 Å². The van der Waals surface area contributed by atoms with Gasteiger partial charge in [-0.05, 0) is 29.8 Å². The van der Waals surface area contributed by atoms with Crippen LogP contribution in [-0.2, 0) is 9.30 Å². The summed E-state index contributed by atoms with van der Waals surface area (Å²) in [5.74, 6) is -1.42. The van der Waals surface area contributed by atoms with Gasteiger partial charge in [0.25, 0.3) is 8.03 Å². The maximum Gasteiger partial charge on any atom is 0.261 e. The highest BCUT2D eigenvalue weighted by Gasteiger charge is 2.13. The summed E-state index contributed by atoms with van der Waals surface area (Å²) in [7, 11) is -0.924. The number of rotatable bonds is 5. The first-order chi connectivity index (χ1) is 9.56. The van der Waals surface area contributed by atoms with Gasteiger partial charge in [0.05, 0.1) is 0 Å². The first-order valence-corrected chi connectivity index (χ1v) is 8.47. The number of hydrogen-bond donors (Lipinski definition) is 0. The molecule has 20 heavy (non-hydrogen) atoms. The number of hydrogen-bond acceptors (Lipinski definition) is 4. The van der Waals surface area contributed by atoms with Gasteiger partial charge in [-0.25, -0.2) is 8.78 Å². The van der Waals surface area contributed by atoms with Crippen LogP contribution in [0.5, 0.6) is 5.75 Å². The second-order valence-electron chi connectivity index (χ2n) is 3.99. The summed E-state index contributed by atoms with van der Waals surface area (Å²) >= 11 is 1.27. The van der Waals surface area contributed by atoms with Crippen molar-refractivity contribution in [2.75, 3.05) is 19.7 Å². The first kappa shape index (κ1) is 15.3. The van der Waals surface area contributed by atoms with Gasteiger partial charge >= 0.3 is 0 Å². The van der Waals surface area contributed by atoms with Gasteiger partial charge in [0.1, 0.15) is 12.1 Å². The molecule has 2 aromatic rings. The van der Waals surface area contributed by atoms with Crippen molar-refractivity contribution in [3.05, 3.63) is 35.9 Å². The van der Waals surface area contributed by atoms with Crippen LogP contribution in [-0.4, -0.2) is 19.7 Å². The molecule has 0 aliphatic heterocycles. The Morgan fingerprint density at radius 3 is 2.70 bits per heavy atom. The van der Waals surface area contributed by atoms with Gasteiger partial charge in [0, 0.05) is 17.4 Å². The average Bonchev–Trinajstić information content (AvgIpc) is 2.42. The number of methoxy groups -OCH3 is 1. The van der Waals surface area contributed by atoms with Crippen LogP contribution in [0.2, 0.25) is 0 Å². The summed E-state index contributed by atoms with van der Waals surface area (Å²) in [6.07, 6.45) is 1.76. The number of benzene rings is 2. The first-order valence-electron chi connectivity index (χ1n) is 5.72. The largest absolute Gasteiger partial charge is 0.443 e. The number of thioether (sulfide) groups is 1. The lowest BCUT2D eigenvalue weighted by Gasteiger charge is -2.11. The van der Waals surface area contributed by atoms with Crippen molar-refractivity contribution in [2.45, 2.75) is 4.90 Å². The van der Waals surface area contributed by atoms with Crippen molar-refractivity contribution in [3.8, 4) is 5.75 Å².